The van der Waals surface area contributed by atoms with Crippen LogP contribution in [-0.2, 0) is 6.42 Å². The number of hydrogen-bond donors (Lipinski definition) is 0. The van der Waals surface area contributed by atoms with E-state index in [9.17, 15) is 4.79 Å². The van der Waals surface area contributed by atoms with Crippen LogP contribution in [0.2, 0.25) is 0 Å². The summed E-state index contributed by atoms with van der Waals surface area (Å²) in [5.74, 6) is 1.16. The van der Waals surface area contributed by atoms with Gasteiger partial charge >= 0.3 is 0 Å². The maximum absolute atomic E-state index is 12.9. The minimum absolute atomic E-state index is 0.199. The second-order valence-electron chi connectivity index (χ2n) is 7.52. The average molecular weight is 364 g/mol. The third kappa shape index (κ3) is 4.51. The first-order valence-corrected chi connectivity index (χ1v) is 10.1. The lowest BCUT2D eigenvalue weighted by atomic mass is 10.0. The van der Waals surface area contributed by atoms with Crippen molar-refractivity contribution < 1.29 is 9.53 Å². The topological polar surface area (TPSA) is 32.8 Å². The number of hydrogen-bond acceptors (Lipinski definition) is 3. The number of piperidine rings is 1. The Morgan fingerprint density at radius 3 is 2.44 bits per heavy atom. The molecule has 0 N–H and O–H groups in total. The van der Waals surface area contributed by atoms with Crippen molar-refractivity contribution in [3.8, 4) is 5.75 Å². The van der Waals surface area contributed by atoms with Crippen molar-refractivity contribution in [3.05, 3.63) is 65.7 Å². The number of fused-ring (bicyclic) bond motifs is 1. The van der Waals surface area contributed by atoms with Crippen LogP contribution in [0.4, 0.5) is 0 Å². The number of amides is 1. The van der Waals surface area contributed by atoms with Gasteiger partial charge in [0.2, 0.25) is 0 Å². The smallest absolute Gasteiger partial charge is 0.254 e. The molecule has 4 heteroatoms. The van der Waals surface area contributed by atoms with E-state index < -0.39 is 0 Å². The number of carbonyl (C=O) groups is 1. The van der Waals surface area contributed by atoms with Crippen LogP contribution in [0, 0.1) is 0 Å². The Kier molecular flexibility index (Phi) is 5.73. The second-order valence-corrected chi connectivity index (χ2v) is 7.52. The van der Waals surface area contributed by atoms with Crippen LogP contribution in [0.5, 0.6) is 5.75 Å². The van der Waals surface area contributed by atoms with E-state index in [1.54, 1.807) is 0 Å². The highest BCUT2D eigenvalue weighted by Crippen LogP contribution is 2.20. The number of benzene rings is 2. The van der Waals surface area contributed by atoms with E-state index in [1.165, 1.54) is 5.56 Å². The van der Waals surface area contributed by atoms with Crippen molar-refractivity contribution in [2.24, 2.45) is 0 Å². The molecule has 0 saturated carbocycles. The van der Waals surface area contributed by atoms with Gasteiger partial charge in [0, 0.05) is 38.3 Å². The van der Waals surface area contributed by atoms with Gasteiger partial charge in [-0.15, -0.1) is 0 Å². The number of para-hydroxylation sites is 1. The van der Waals surface area contributed by atoms with E-state index >= 15 is 0 Å². The minimum Gasteiger partial charge on any atom is -0.490 e. The van der Waals surface area contributed by atoms with Crippen LogP contribution in [-0.4, -0.2) is 54.5 Å². The number of aryl methyl sites for hydroxylation is 1. The third-order valence-corrected chi connectivity index (χ3v) is 5.68. The molecule has 142 valence electrons. The van der Waals surface area contributed by atoms with Gasteiger partial charge < -0.3 is 14.5 Å². The molecule has 0 aromatic heterocycles. The molecule has 1 amide bonds. The van der Waals surface area contributed by atoms with Crippen molar-refractivity contribution in [3.63, 3.8) is 0 Å². The molecule has 0 atom stereocenters. The monoisotopic (exact) mass is 364 g/mol. The fraction of sp³-hybridized carbons (Fsp3) is 0.435. The second kappa shape index (κ2) is 8.57. The van der Waals surface area contributed by atoms with E-state index in [-0.39, 0.29) is 5.91 Å². The van der Waals surface area contributed by atoms with E-state index in [1.807, 2.05) is 53.4 Å². The maximum atomic E-state index is 12.9. The Hall–Kier alpha value is -2.33. The highest BCUT2D eigenvalue weighted by molar-refractivity contribution is 5.96. The molecule has 27 heavy (non-hydrogen) atoms. The standard InChI is InChI=1S/C23H28N2O2/c26-23-22-11-5-4-7-19(22)8-6-14-25(23)18-17-24-15-12-21(13-16-24)27-20-9-2-1-3-10-20/h1-5,7,9-11,21H,6,8,12-18H2. The highest BCUT2D eigenvalue weighted by Gasteiger charge is 2.24. The van der Waals surface area contributed by atoms with Crippen LogP contribution in [0.25, 0.3) is 0 Å². The van der Waals surface area contributed by atoms with Gasteiger partial charge in [-0.2, -0.15) is 0 Å². The molecule has 1 fully saturated rings. The number of rotatable bonds is 5. The summed E-state index contributed by atoms with van der Waals surface area (Å²) >= 11 is 0. The predicted octanol–water partition coefficient (Wildman–Crippen LogP) is 3.62. The summed E-state index contributed by atoms with van der Waals surface area (Å²) in [6.07, 6.45) is 4.45. The van der Waals surface area contributed by atoms with Crippen LogP contribution >= 0.6 is 0 Å². The van der Waals surface area contributed by atoms with E-state index in [4.69, 9.17) is 4.74 Å². The Labute approximate surface area is 161 Å². The van der Waals surface area contributed by atoms with Gasteiger partial charge in [0.15, 0.2) is 0 Å². The van der Waals surface area contributed by atoms with Crippen molar-refractivity contribution in [2.75, 3.05) is 32.7 Å². The van der Waals surface area contributed by atoms with Crippen molar-refractivity contribution >= 4 is 5.91 Å². The van der Waals surface area contributed by atoms with E-state index in [2.05, 4.69) is 11.0 Å². The zero-order valence-corrected chi connectivity index (χ0v) is 15.8. The van der Waals surface area contributed by atoms with Gasteiger partial charge in [0.25, 0.3) is 5.91 Å². The normalized spacial score (nSPS) is 18.8. The van der Waals surface area contributed by atoms with Gasteiger partial charge in [-0.3, -0.25) is 4.79 Å². The summed E-state index contributed by atoms with van der Waals surface area (Å²) in [4.78, 5) is 17.4. The zero-order chi connectivity index (χ0) is 18.5. The lowest BCUT2D eigenvalue weighted by Crippen LogP contribution is -2.43. The molecule has 0 aliphatic carbocycles. The summed E-state index contributed by atoms with van der Waals surface area (Å²) in [6.45, 7) is 4.71. The molecular weight excluding hydrogens is 336 g/mol. The first kappa shape index (κ1) is 18.1. The van der Waals surface area contributed by atoms with Crippen molar-refractivity contribution in [1.29, 1.82) is 0 Å². The molecule has 4 rings (SSSR count). The molecule has 2 aliphatic rings. The lowest BCUT2D eigenvalue weighted by Gasteiger charge is -2.33. The van der Waals surface area contributed by atoms with Gasteiger partial charge in [0.05, 0.1) is 0 Å². The minimum atomic E-state index is 0.199. The lowest BCUT2D eigenvalue weighted by molar-refractivity contribution is 0.0687. The number of likely N-dealkylation sites (tertiary alicyclic amines) is 1. The molecule has 2 aromatic carbocycles. The molecule has 1 saturated heterocycles. The number of carbonyl (C=O) groups excluding carboxylic acids is 1. The first-order valence-electron chi connectivity index (χ1n) is 10.1. The maximum Gasteiger partial charge on any atom is 0.254 e. The molecule has 0 bridgehead atoms. The summed E-state index contributed by atoms with van der Waals surface area (Å²) < 4.78 is 6.08. The quantitative estimate of drug-likeness (QED) is 0.812. The van der Waals surface area contributed by atoms with Crippen LogP contribution in [0.3, 0.4) is 0 Å². The fourth-order valence-electron chi connectivity index (χ4n) is 4.10. The molecule has 0 unspecified atom stereocenters. The number of ether oxygens (including phenoxy) is 1. The third-order valence-electron chi connectivity index (χ3n) is 5.68. The van der Waals surface area contributed by atoms with Gasteiger partial charge in [-0.05, 0) is 49.4 Å². The molecule has 2 aromatic rings. The summed E-state index contributed by atoms with van der Waals surface area (Å²) in [7, 11) is 0. The molecule has 2 aliphatic heterocycles. The van der Waals surface area contributed by atoms with Crippen LogP contribution in [0.1, 0.15) is 35.2 Å². The summed E-state index contributed by atoms with van der Waals surface area (Å²) in [5.41, 5.74) is 2.09. The molecular formula is C23H28N2O2. The molecule has 0 spiro atoms. The Morgan fingerprint density at radius 2 is 1.63 bits per heavy atom. The Bertz CT molecular complexity index is 754. The van der Waals surface area contributed by atoms with Crippen molar-refractivity contribution in [1.82, 2.24) is 9.80 Å². The van der Waals surface area contributed by atoms with E-state index in [0.29, 0.717) is 6.10 Å². The summed E-state index contributed by atoms with van der Waals surface area (Å²) in [5, 5.41) is 0. The molecule has 0 radical (unpaired) electrons. The average Bonchev–Trinajstić information content (AvgIpc) is 2.87. The highest BCUT2D eigenvalue weighted by atomic mass is 16.5. The zero-order valence-electron chi connectivity index (χ0n) is 15.8. The van der Waals surface area contributed by atoms with Crippen LogP contribution in [0.15, 0.2) is 54.6 Å². The summed E-state index contributed by atoms with van der Waals surface area (Å²) in [6, 6.07) is 18.2. The van der Waals surface area contributed by atoms with E-state index in [0.717, 1.165) is 69.7 Å². The van der Waals surface area contributed by atoms with Gasteiger partial charge in [-0.1, -0.05) is 36.4 Å². The number of nitrogens with zero attached hydrogens (tertiary/aromatic N) is 2. The van der Waals surface area contributed by atoms with Crippen molar-refractivity contribution in [2.45, 2.75) is 31.8 Å². The largest absolute Gasteiger partial charge is 0.490 e. The molecule has 2 heterocycles. The Morgan fingerprint density at radius 1 is 0.889 bits per heavy atom. The predicted molar refractivity (Wildman–Crippen MR) is 107 cm³/mol. The van der Waals surface area contributed by atoms with Gasteiger partial charge in [0.1, 0.15) is 11.9 Å². The van der Waals surface area contributed by atoms with Crippen LogP contribution < -0.4 is 4.74 Å². The first-order chi connectivity index (χ1) is 13.3. The SMILES string of the molecule is O=C1c2ccccc2CCCN1CCN1CCC(Oc2ccccc2)CC1. The fourth-order valence-corrected chi connectivity index (χ4v) is 4.10. The molecule has 4 nitrogen and oxygen atoms in total. The van der Waals surface area contributed by atoms with Gasteiger partial charge in [-0.25, -0.2) is 0 Å². The Balaban J connectivity index is 1.26.